The number of fused-ring (bicyclic) bond motifs is 1. The molecule has 10 heteroatoms. The summed E-state index contributed by atoms with van der Waals surface area (Å²) in [7, 11) is 0. The number of nitrogens with zero attached hydrogens (tertiary/aromatic N) is 2. The van der Waals surface area contributed by atoms with Gasteiger partial charge in [0.1, 0.15) is 10.7 Å². The summed E-state index contributed by atoms with van der Waals surface area (Å²) in [5.41, 5.74) is 2.45. The van der Waals surface area contributed by atoms with Gasteiger partial charge in [0.15, 0.2) is 0 Å². The maximum Gasteiger partial charge on any atom is 0.416 e. The highest BCUT2D eigenvalue weighted by molar-refractivity contribution is 7.18. The summed E-state index contributed by atoms with van der Waals surface area (Å²) in [6.45, 7) is 3.73. The first-order valence-electron chi connectivity index (χ1n) is 8.13. The zero-order chi connectivity index (χ0) is 20.5. The summed E-state index contributed by atoms with van der Waals surface area (Å²) >= 11 is 1.38. The summed E-state index contributed by atoms with van der Waals surface area (Å²) in [6, 6.07) is 4.34. The van der Waals surface area contributed by atoms with E-state index in [1.807, 2.05) is 13.8 Å². The monoisotopic (exact) mass is 408 g/mol. The Kier molecular flexibility index (Phi) is 5.32. The van der Waals surface area contributed by atoms with Crippen molar-refractivity contribution < 1.29 is 18.0 Å². The molecule has 1 aromatic carbocycles. The average molecular weight is 408 g/mol. The number of carbonyl (C=O) groups is 1. The molecule has 0 saturated carbocycles. The highest BCUT2D eigenvalue weighted by atomic mass is 32.1. The minimum Gasteiger partial charge on any atom is -0.309 e. The molecule has 0 unspecified atom stereocenters. The van der Waals surface area contributed by atoms with Gasteiger partial charge in [0, 0.05) is 4.88 Å². The Balaban J connectivity index is 1.65. The van der Waals surface area contributed by atoms with Crippen molar-refractivity contribution in [2.45, 2.75) is 26.4 Å². The average Bonchev–Trinajstić information content (AvgIpc) is 2.89. The molecule has 0 atom stereocenters. The van der Waals surface area contributed by atoms with Gasteiger partial charge in [0.05, 0.1) is 23.6 Å². The van der Waals surface area contributed by atoms with Crippen LogP contribution in [0.2, 0.25) is 0 Å². The molecule has 3 aromatic rings. The van der Waals surface area contributed by atoms with E-state index < -0.39 is 17.6 Å². The number of nitrogens with one attached hydrogen (secondary N) is 2. The number of hydrazone groups is 1. The Labute approximate surface area is 161 Å². The molecule has 2 heterocycles. The minimum atomic E-state index is -4.41. The number of aromatic amines is 1. The molecule has 6 nitrogen and oxygen atoms in total. The lowest BCUT2D eigenvalue weighted by Gasteiger charge is -2.05. The third-order valence-corrected chi connectivity index (χ3v) is 5.16. The van der Waals surface area contributed by atoms with Gasteiger partial charge in [0.2, 0.25) is 5.91 Å². The van der Waals surface area contributed by atoms with Crippen LogP contribution in [0.4, 0.5) is 13.2 Å². The van der Waals surface area contributed by atoms with Crippen LogP contribution in [0.25, 0.3) is 10.2 Å². The van der Waals surface area contributed by atoms with E-state index >= 15 is 0 Å². The molecule has 3 rings (SSSR count). The van der Waals surface area contributed by atoms with E-state index in [1.165, 1.54) is 29.7 Å². The fourth-order valence-electron chi connectivity index (χ4n) is 2.51. The number of rotatable bonds is 4. The predicted octanol–water partition coefficient (Wildman–Crippen LogP) is 3.31. The van der Waals surface area contributed by atoms with E-state index in [4.69, 9.17) is 0 Å². The summed E-state index contributed by atoms with van der Waals surface area (Å²) in [5, 5.41) is 4.23. The van der Waals surface area contributed by atoms with Crippen LogP contribution in [-0.2, 0) is 17.4 Å². The Morgan fingerprint density at radius 3 is 2.61 bits per heavy atom. The lowest BCUT2D eigenvalue weighted by molar-refractivity contribution is -0.137. The van der Waals surface area contributed by atoms with Crippen molar-refractivity contribution in [3.8, 4) is 0 Å². The molecule has 0 fully saturated rings. The first-order valence-corrected chi connectivity index (χ1v) is 8.95. The number of hydrogen-bond donors (Lipinski definition) is 2. The molecule has 0 saturated heterocycles. The number of hydrogen-bond acceptors (Lipinski definition) is 5. The number of aromatic nitrogens is 2. The number of aryl methyl sites for hydroxylation is 2. The van der Waals surface area contributed by atoms with E-state index in [2.05, 4.69) is 20.5 Å². The molecule has 0 aliphatic rings. The van der Waals surface area contributed by atoms with Gasteiger partial charge in [-0.1, -0.05) is 12.1 Å². The number of carbonyl (C=O) groups excluding carboxylic acids is 1. The lowest BCUT2D eigenvalue weighted by Crippen LogP contribution is -2.23. The molecule has 2 aromatic heterocycles. The third-order valence-electron chi connectivity index (χ3n) is 4.06. The van der Waals surface area contributed by atoms with E-state index in [9.17, 15) is 22.8 Å². The third kappa shape index (κ3) is 4.28. The van der Waals surface area contributed by atoms with Crippen LogP contribution in [0, 0.1) is 13.8 Å². The molecule has 28 heavy (non-hydrogen) atoms. The fraction of sp³-hybridized carbons (Fsp3) is 0.222. The summed E-state index contributed by atoms with van der Waals surface area (Å²) < 4.78 is 37.5. The van der Waals surface area contributed by atoms with Gasteiger partial charge in [-0.05, 0) is 37.1 Å². The molecular formula is C18H15F3N4O2S. The maximum atomic E-state index is 12.5. The molecule has 0 radical (unpaired) electrons. The van der Waals surface area contributed by atoms with Crippen LogP contribution in [-0.4, -0.2) is 22.1 Å². The summed E-state index contributed by atoms with van der Waals surface area (Å²) in [4.78, 5) is 32.6. The van der Waals surface area contributed by atoms with Crippen LogP contribution in [0.1, 0.15) is 27.4 Å². The van der Waals surface area contributed by atoms with Crippen molar-refractivity contribution in [2.24, 2.45) is 5.10 Å². The molecule has 2 N–H and O–H groups in total. The predicted molar refractivity (Wildman–Crippen MR) is 101 cm³/mol. The van der Waals surface area contributed by atoms with Crippen LogP contribution in [0.5, 0.6) is 0 Å². The Bertz CT molecular complexity index is 1110. The number of alkyl halides is 3. The molecule has 146 valence electrons. The summed E-state index contributed by atoms with van der Waals surface area (Å²) in [5.74, 6) is -0.309. The van der Waals surface area contributed by atoms with Gasteiger partial charge < -0.3 is 4.98 Å². The van der Waals surface area contributed by atoms with Gasteiger partial charge >= 0.3 is 6.18 Å². The first kappa shape index (κ1) is 19.7. The molecule has 0 aliphatic heterocycles. The summed E-state index contributed by atoms with van der Waals surface area (Å²) in [6.07, 6.45) is -3.37. The van der Waals surface area contributed by atoms with E-state index in [0.717, 1.165) is 22.6 Å². The van der Waals surface area contributed by atoms with Gasteiger partial charge in [-0.3, -0.25) is 9.59 Å². The Morgan fingerprint density at radius 1 is 1.29 bits per heavy atom. The van der Waals surface area contributed by atoms with Crippen LogP contribution in [0.3, 0.4) is 0 Å². The zero-order valence-electron chi connectivity index (χ0n) is 14.8. The zero-order valence-corrected chi connectivity index (χ0v) is 15.7. The van der Waals surface area contributed by atoms with Crippen molar-refractivity contribution in [3.63, 3.8) is 0 Å². The normalized spacial score (nSPS) is 12.0. The van der Waals surface area contributed by atoms with Crippen molar-refractivity contribution in [1.82, 2.24) is 15.4 Å². The topological polar surface area (TPSA) is 87.2 Å². The smallest absolute Gasteiger partial charge is 0.309 e. The maximum absolute atomic E-state index is 12.5. The largest absolute Gasteiger partial charge is 0.416 e. The van der Waals surface area contributed by atoms with E-state index in [1.54, 1.807) is 0 Å². The van der Waals surface area contributed by atoms with Gasteiger partial charge in [-0.15, -0.1) is 11.3 Å². The van der Waals surface area contributed by atoms with Crippen molar-refractivity contribution in [1.29, 1.82) is 0 Å². The number of benzene rings is 1. The van der Waals surface area contributed by atoms with Crippen molar-refractivity contribution in [2.75, 3.05) is 0 Å². The van der Waals surface area contributed by atoms with Crippen molar-refractivity contribution in [3.05, 3.63) is 62.0 Å². The molecule has 1 amide bonds. The molecule has 0 aliphatic carbocycles. The number of thiophene rings is 1. The SMILES string of the molecule is Cc1sc2nc(CC(=O)N/N=C\c3ccc(C(F)(F)F)cc3)[nH]c(=O)c2c1C. The van der Waals surface area contributed by atoms with Crippen LogP contribution in [0.15, 0.2) is 34.2 Å². The van der Waals surface area contributed by atoms with E-state index in [-0.39, 0.29) is 17.8 Å². The number of amides is 1. The van der Waals surface area contributed by atoms with Gasteiger partial charge in [-0.25, -0.2) is 10.4 Å². The lowest BCUT2D eigenvalue weighted by atomic mass is 10.1. The second-order valence-electron chi connectivity index (χ2n) is 6.07. The van der Waals surface area contributed by atoms with Gasteiger partial charge in [-0.2, -0.15) is 18.3 Å². The Morgan fingerprint density at radius 2 is 1.96 bits per heavy atom. The highest BCUT2D eigenvalue weighted by Crippen LogP contribution is 2.29. The quantitative estimate of drug-likeness (QED) is 0.513. The number of halogens is 3. The first-order chi connectivity index (χ1) is 13.1. The van der Waals surface area contributed by atoms with Crippen LogP contribution < -0.4 is 11.0 Å². The molecule has 0 spiro atoms. The second kappa shape index (κ2) is 7.55. The van der Waals surface area contributed by atoms with Crippen LogP contribution >= 0.6 is 11.3 Å². The highest BCUT2D eigenvalue weighted by Gasteiger charge is 2.29. The fourth-order valence-corrected chi connectivity index (χ4v) is 3.56. The van der Waals surface area contributed by atoms with Gasteiger partial charge in [0.25, 0.3) is 5.56 Å². The number of H-pyrrole nitrogens is 1. The molecule has 0 bridgehead atoms. The van der Waals surface area contributed by atoms with Crippen molar-refractivity contribution >= 4 is 33.7 Å². The molecular weight excluding hydrogens is 393 g/mol. The van der Waals surface area contributed by atoms with E-state index in [0.29, 0.717) is 15.8 Å². The Hall–Kier alpha value is -3.01. The second-order valence-corrected chi connectivity index (χ2v) is 7.27. The standard InChI is InChI=1S/C18H15F3N4O2S/c1-9-10(2)28-17-15(9)16(27)23-13(24-17)7-14(26)25-22-8-11-3-5-12(6-4-11)18(19,20)21/h3-6,8H,7H2,1-2H3,(H,25,26)(H,23,24,27)/b22-8-. The minimum absolute atomic E-state index is 0.189.